The first-order valence-corrected chi connectivity index (χ1v) is 6.36. The van der Waals surface area contributed by atoms with Crippen molar-refractivity contribution in [2.24, 2.45) is 23.2 Å². The van der Waals surface area contributed by atoms with Crippen LogP contribution in [0.4, 0.5) is 0 Å². The molecule has 0 heterocycles. The zero-order chi connectivity index (χ0) is 13.2. The molecule has 98 valence electrons. The molecule has 0 aromatic carbocycles. The lowest BCUT2D eigenvalue weighted by Gasteiger charge is -2.38. The van der Waals surface area contributed by atoms with Crippen molar-refractivity contribution in [3.05, 3.63) is 10.1 Å². The molecule has 0 amide bonds. The van der Waals surface area contributed by atoms with Gasteiger partial charge in [0, 0.05) is 23.2 Å². The third-order valence-corrected chi connectivity index (χ3v) is 4.04. The molecule has 1 aliphatic rings. The maximum Gasteiger partial charge on any atom is 0.207 e. The first-order valence-electron chi connectivity index (χ1n) is 6.36. The molecule has 0 bridgehead atoms. The number of ketones is 1. The SMILES string of the molecule is CC(C[N+](=O)[O-])C1CC(C(C)(C)C)CCC1=O. The standard InChI is InChI=1S/C13H23NO3/c1-9(8-14(16)17)11-7-10(13(2,3)4)5-6-12(11)15/h9-11H,5-8H2,1-4H3. The van der Waals surface area contributed by atoms with Gasteiger partial charge >= 0.3 is 0 Å². The van der Waals surface area contributed by atoms with Gasteiger partial charge in [-0.1, -0.05) is 27.7 Å². The Bertz CT molecular complexity index is 306. The molecule has 0 N–H and O–H groups in total. The van der Waals surface area contributed by atoms with Gasteiger partial charge in [-0.25, -0.2) is 0 Å². The number of hydrogen-bond acceptors (Lipinski definition) is 3. The van der Waals surface area contributed by atoms with Crippen molar-refractivity contribution in [2.75, 3.05) is 6.54 Å². The highest BCUT2D eigenvalue weighted by molar-refractivity contribution is 5.82. The summed E-state index contributed by atoms with van der Waals surface area (Å²) in [5, 5.41) is 10.5. The van der Waals surface area contributed by atoms with Crippen LogP contribution in [0.1, 0.15) is 47.0 Å². The van der Waals surface area contributed by atoms with Crippen LogP contribution in [0.5, 0.6) is 0 Å². The molecule has 0 radical (unpaired) electrons. The summed E-state index contributed by atoms with van der Waals surface area (Å²) in [6.07, 6.45) is 2.34. The van der Waals surface area contributed by atoms with Crippen LogP contribution >= 0.6 is 0 Å². The zero-order valence-corrected chi connectivity index (χ0v) is 11.2. The van der Waals surface area contributed by atoms with Crippen LogP contribution in [0.15, 0.2) is 0 Å². The van der Waals surface area contributed by atoms with E-state index in [1.54, 1.807) is 0 Å². The Morgan fingerprint density at radius 1 is 1.47 bits per heavy atom. The van der Waals surface area contributed by atoms with Gasteiger partial charge in [-0.05, 0) is 24.2 Å². The Hall–Kier alpha value is -0.930. The van der Waals surface area contributed by atoms with Crippen LogP contribution in [0.2, 0.25) is 0 Å². The van der Waals surface area contributed by atoms with E-state index in [0.717, 1.165) is 12.8 Å². The van der Waals surface area contributed by atoms with Gasteiger partial charge in [0.05, 0.1) is 0 Å². The Balaban J connectivity index is 2.69. The molecule has 0 aromatic rings. The van der Waals surface area contributed by atoms with E-state index in [2.05, 4.69) is 20.8 Å². The van der Waals surface area contributed by atoms with E-state index in [0.29, 0.717) is 12.3 Å². The monoisotopic (exact) mass is 241 g/mol. The Morgan fingerprint density at radius 3 is 2.53 bits per heavy atom. The lowest BCUT2D eigenvalue weighted by molar-refractivity contribution is -0.488. The van der Waals surface area contributed by atoms with Crippen LogP contribution in [0.25, 0.3) is 0 Å². The van der Waals surface area contributed by atoms with Gasteiger partial charge in [-0.15, -0.1) is 0 Å². The molecule has 3 atom stereocenters. The van der Waals surface area contributed by atoms with Crippen molar-refractivity contribution in [3.63, 3.8) is 0 Å². The fourth-order valence-corrected chi connectivity index (χ4v) is 2.76. The van der Waals surface area contributed by atoms with E-state index in [-0.39, 0.29) is 34.5 Å². The second-order valence-corrected chi connectivity index (χ2v) is 6.40. The average molecular weight is 241 g/mol. The maximum absolute atomic E-state index is 11.9. The van der Waals surface area contributed by atoms with Crippen LogP contribution in [-0.4, -0.2) is 17.3 Å². The van der Waals surface area contributed by atoms with E-state index in [4.69, 9.17) is 0 Å². The number of nitrogens with zero attached hydrogens (tertiary/aromatic N) is 1. The van der Waals surface area contributed by atoms with Crippen LogP contribution in [0.3, 0.4) is 0 Å². The smallest absolute Gasteiger partial charge is 0.207 e. The van der Waals surface area contributed by atoms with Gasteiger partial charge in [0.15, 0.2) is 0 Å². The molecule has 4 heteroatoms. The lowest BCUT2D eigenvalue weighted by atomic mass is 9.66. The van der Waals surface area contributed by atoms with Crippen molar-refractivity contribution < 1.29 is 9.72 Å². The van der Waals surface area contributed by atoms with Gasteiger partial charge in [0.25, 0.3) is 0 Å². The maximum atomic E-state index is 11.9. The largest absolute Gasteiger partial charge is 0.299 e. The first kappa shape index (κ1) is 14.1. The summed E-state index contributed by atoms with van der Waals surface area (Å²) >= 11 is 0. The van der Waals surface area contributed by atoms with E-state index in [9.17, 15) is 14.9 Å². The predicted octanol–water partition coefficient (Wildman–Crippen LogP) is 2.93. The molecule has 0 saturated heterocycles. The number of carbonyl (C=O) groups excluding carboxylic acids is 1. The Kier molecular flexibility index (Phi) is 4.28. The third-order valence-electron chi connectivity index (χ3n) is 4.04. The topological polar surface area (TPSA) is 60.2 Å². The minimum Gasteiger partial charge on any atom is -0.299 e. The molecule has 17 heavy (non-hydrogen) atoms. The summed E-state index contributed by atoms with van der Waals surface area (Å²) in [5.41, 5.74) is 0.188. The molecule has 1 fully saturated rings. The molecule has 4 nitrogen and oxygen atoms in total. The molecule has 1 rings (SSSR count). The Morgan fingerprint density at radius 2 is 2.06 bits per heavy atom. The van der Waals surface area contributed by atoms with Gasteiger partial charge < -0.3 is 0 Å². The van der Waals surface area contributed by atoms with Gasteiger partial charge in [0.2, 0.25) is 6.54 Å². The van der Waals surface area contributed by atoms with E-state index in [1.165, 1.54) is 0 Å². The molecular weight excluding hydrogens is 218 g/mol. The molecular formula is C13H23NO3. The number of rotatable bonds is 3. The van der Waals surface area contributed by atoms with E-state index >= 15 is 0 Å². The molecule has 1 saturated carbocycles. The average Bonchev–Trinajstić information content (AvgIpc) is 2.15. The van der Waals surface area contributed by atoms with Crippen LogP contribution in [-0.2, 0) is 4.79 Å². The number of carbonyl (C=O) groups is 1. The molecule has 0 spiro atoms. The summed E-state index contributed by atoms with van der Waals surface area (Å²) in [6, 6.07) is 0. The minimum atomic E-state index is -0.307. The van der Waals surface area contributed by atoms with Gasteiger partial charge in [-0.2, -0.15) is 0 Å². The van der Waals surface area contributed by atoms with Crippen LogP contribution < -0.4 is 0 Å². The summed E-state index contributed by atoms with van der Waals surface area (Å²) in [7, 11) is 0. The number of Topliss-reactive ketones (excluding diaryl/α,β-unsaturated/α-hetero) is 1. The fourth-order valence-electron chi connectivity index (χ4n) is 2.76. The number of nitro groups is 1. The second-order valence-electron chi connectivity index (χ2n) is 6.40. The van der Waals surface area contributed by atoms with Gasteiger partial charge in [0.1, 0.15) is 5.78 Å². The summed E-state index contributed by atoms with van der Waals surface area (Å²) < 4.78 is 0. The fraction of sp³-hybridized carbons (Fsp3) is 0.923. The van der Waals surface area contributed by atoms with Crippen molar-refractivity contribution in [1.29, 1.82) is 0 Å². The van der Waals surface area contributed by atoms with Crippen molar-refractivity contribution >= 4 is 5.78 Å². The molecule has 3 unspecified atom stereocenters. The molecule has 0 aliphatic heterocycles. The highest BCUT2D eigenvalue weighted by Gasteiger charge is 2.38. The van der Waals surface area contributed by atoms with Gasteiger partial charge in [-0.3, -0.25) is 14.9 Å². The minimum absolute atomic E-state index is 0.0900. The highest BCUT2D eigenvalue weighted by atomic mass is 16.6. The summed E-state index contributed by atoms with van der Waals surface area (Å²) in [5.74, 6) is 0.472. The van der Waals surface area contributed by atoms with Crippen LogP contribution in [0, 0.1) is 33.3 Å². The second kappa shape index (κ2) is 5.15. The molecule has 1 aliphatic carbocycles. The summed E-state index contributed by atoms with van der Waals surface area (Å²) in [6.45, 7) is 8.29. The van der Waals surface area contributed by atoms with E-state index < -0.39 is 0 Å². The normalized spacial score (nSPS) is 27.9. The first-order chi connectivity index (χ1) is 7.71. The predicted molar refractivity (Wildman–Crippen MR) is 66.3 cm³/mol. The summed E-state index contributed by atoms with van der Waals surface area (Å²) in [4.78, 5) is 22.1. The highest BCUT2D eigenvalue weighted by Crippen LogP contribution is 2.41. The van der Waals surface area contributed by atoms with Crippen molar-refractivity contribution in [1.82, 2.24) is 0 Å². The van der Waals surface area contributed by atoms with Crippen molar-refractivity contribution in [2.45, 2.75) is 47.0 Å². The lowest BCUT2D eigenvalue weighted by Crippen LogP contribution is -2.36. The number of hydrogen-bond donors (Lipinski definition) is 0. The molecule has 0 aromatic heterocycles. The van der Waals surface area contributed by atoms with Crippen molar-refractivity contribution in [3.8, 4) is 0 Å². The third kappa shape index (κ3) is 3.79. The zero-order valence-electron chi connectivity index (χ0n) is 11.2. The van der Waals surface area contributed by atoms with E-state index in [1.807, 2.05) is 6.92 Å². The quantitative estimate of drug-likeness (QED) is 0.563. The Labute approximate surface area is 103 Å².